The van der Waals surface area contributed by atoms with Crippen molar-refractivity contribution in [3.05, 3.63) is 215 Å². The highest BCUT2D eigenvalue weighted by Crippen LogP contribution is 2.32. The van der Waals surface area contributed by atoms with Crippen LogP contribution >= 0.6 is 0 Å². The first-order chi connectivity index (χ1) is 38.3. The molecule has 4 unspecified atom stereocenters. The number of halogens is 3. The molecule has 0 aliphatic carbocycles. The van der Waals surface area contributed by atoms with Crippen LogP contribution in [0.1, 0.15) is 124 Å². The zero-order valence-corrected chi connectivity index (χ0v) is 48.8. The van der Waals surface area contributed by atoms with Gasteiger partial charge >= 0.3 is 11.9 Å². The molecule has 10 nitrogen and oxygen atoms in total. The molecule has 5 rings (SSSR count). The lowest BCUT2D eigenvalue weighted by molar-refractivity contribution is -0.148. The molecule has 80 heavy (non-hydrogen) atoms. The third-order valence-electron chi connectivity index (χ3n) is 12.2. The molecule has 5 aromatic rings. The molecule has 432 valence electrons. The van der Waals surface area contributed by atoms with Gasteiger partial charge in [-0.15, -0.1) is 0 Å². The zero-order chi connectivity index (χ0) is 59.4. The second kappa shape index (κ2) is 39.0. The first kappa shape index (κ1) is 68.6. The van der Waals surface area contributed by atoms with Crippen molar-refractivity contribution < 1.29 is 46.9 Å². The highest BCUT2D eigenvalue weighted by atomic mass is 19.1. The van der Waals surface area contributed by atoms with Gasteiger partial charge in [-0.1, -0.05) is 145 Å². The van der Waals surface area contributed by atoms with E-state index in [9.17, 15) is 32.7 Å². The number of hydrogen-bond donors (Lipinski definition) is 3. The van der Waals surface area contributed by atoms with E-state index in [0.717, 1.165) is 47.4 Å². The van der Waals surface area contributed by atoms with Crippen molar-refractivity contribution in [1.82, 2.24) is 5.32 Å². The highest BCUT2D eigenvalue weighted by molar-refractivity contribution is 6.18. The van der Waals surface area contributed by atoms with Gasteiger partial charge in [0, 0.05) is 64.6 Å². The Bertz CT molecular complexity index is 2690. The second-order valence-electron chi connectivity index (χ2n) is 19.0. The summed E-state index contributed by atoms with van der Waals surface area (Å²) < 4.78 is 54.3. The third-order valence-corrected chi connectivity index (χ3v) is 12.2. The Kier molecular flexibility index (Phi) is 33.4. The van der Waals surface area contributed by atoms with Gasteiger partial charge < -0.3 is 34.9 Å². The van der Waals surface area contributed by atoms with Crippen molar-refractivity contribution in [1.29, 1.82) is 0 Å². The summed E-state index contributed by atoms with van der Waals surface area (Å²) in [6.07, 6.45) is 12.6. The van der Waals surface area contributed by atoms with E-state index in [1.165, 1.54) is 50.2 Å². The molecule has 13 heteroatoms. The number of hydrogen-bond acceptors (Lipinski definition) is 9. The minimum absolute atomic E-state index is 0.0802. The molecule has 0 fully saturated rings. The predicted octanol–water partition coefficient (Wildman–Crippen LogP) is 15.6. The molecule has 0 heterocycles. The molecule has 1 amide bonds. The summed E-state index contributed by atoms with van der Waals surface area (Å²) in [5.74, 6) is -1.90. The van der Waals surface area contributed by atoms with Crippen LogP contribution < -0.4 is 15.5 Å². The number of anilines is 2. The van der Waals surface area contributed by atoms with Crippen LogP contribution in [0.3, 0.4) is 0 Å². The number of allylic oxidation sites excluding steroid dienone is 4. The van der Waals surface area contributed by atoms with E-state index in [2.05, 4.69) is 36.0 Å². The number of amides is 1. The third kappa shape index (κ3) is 26.4. The fourth-order valence-corrected chi connectivity index (χ4v) is 8.17. The molecule has 0 saturated carbocycles. The maximum absolute atomic E-state index is 14.1. The minimum atomic E-state index is -0.694. The van der Waals surface area contributed by atoms with Crippen LogP contribution in [0.15, 0.2) is 181 Å². The van der Waals surface area contributed by atoms with Gasteiger partial charge in [-0.25, -0.2) is 13.2 Å². The molecule has 0 aromatic heterocycles. The summed E-state index contributed by atoms with van der Waals surface area (Å²) in [4.78, 5) is 38.4. The van der Waals surface area contributed by atoms with E-state index in [1.54, 1.807) is 43.5 Å². The van der Waals surface area contributed by atoms with Gasteiger partial charge in [0.25, 0.3) is 5.91 Å². The van der Waals surface area contributed by atoms with Gasteiger partial charge in [0.15, 0.2) is 0 Å². The molecule has 0 spiro atoms. The lowest BCUT2D eigenvalue weighted by atomic mass is 9.90. The van der Waals surface area contributed by atoms with E-state index in [-0.39, 0.29) is 59.5 Å². The summed E-state index contributed by atoms with van der Waals surface area (Å²) in [7, 11) is 3.72. The van der Waals surface area contributed by atoms with E-state index in [4.69, 9.17) is 14.2 Å². The van der Waals surface area contributed by atoms with Gasteiger partial charge in [-0.05, 0) is 140 Å². The Morgan fingerprint density at radius 3 is 1.75 bits per heavy atom. The fourth-order valence-electron chi connectivity index (χ4n) is 8.17. The number of carbonyl (C=O) groups is 3. The Morgan fingerprint density at radius 1 is 0.725 bits per heavy atom. The number of para-hydroxylation sites is 1. The first-order valence-electron chi connectivity index (χ1n) is 27.4. The number of aliphatic hydroxyl groups is 1. The standard InChI is InChI=1S/C35H41FN2O4.C17H22FN.C11H13FO2.C4H10O/c1-5-31(42-25(4)39)23-30(40)20-21-37-34(24(2)3)33(35(41)38-29-14-10-7-11-15-29)32(27-12-8-6-9-13-27)22-26-16-18-28(36)19-17-26;1-5-7-8-9-14(3)17(6-2)19(4)16-12-10-15(18)11-13-16;1-3-11(14-8(2)13)9-4-6-10(12)7-5-9;1-3-4-5-2/h6-19,22,24,30-31,37,40H,5,20-21,23H2,1-4H3,(H,38,41);5,7-13,17H,3,6H2,1-2,4H3;4-7,11H,3H2,1-2H3;3-4H2,1-2H3/b32-22+,34-33+;7-5-,9-8-;;. The van der Waals surface area contributed by atoms with Crippen LogP contribution in [0.25, 0.3) is 11.6 Å². The zero-order valence-electron chi connectivity index (χ0n) is 48.8. The minimum Gasteiger partial charge on any atom is -0.462 e. The van der Waals surface area contributed by atoms with E-state index in [0.29, 0.717) is 54.8 Å². The predicted molar refractivity (Wildman–Crippen MR) is 322 cm³/mol. The SMILES string of the molecule is C=C(/C=C\C=C/C)C(CC)N(C)c1ccc(F)cc1.CCC(CC(O)CCN/C(=C(C(=O)Nc1ccccc1)\C(=C\c1ccc(F)cc1)c1ccccc1)C(C)C)OC(C)=O.CCC(OC(C)=O)c1ccc(F)cc1.CCCOC. The quantitative estimate of drug-likeness (QED) is 0.0227. The van der Waals surface area contributed by atoms with Gasteiger partial charge in [0.05, 0.1) is 17.7 Å². The van der Waals surface area contributed by atoms with Gasteiger partial charge in [0.2, 0.25) is 0 Å². The second-order valence-corrected chi connectivity index (χ2v) is 19.0. The molecule has 0 radical (unpaired) electrons. The van der Waals surface area contributed by atoms with Gasteiger partial charge in [0.1, 0.15) is 29.7 Å². The van der Waals surface area contributed by atoms with Crippen LogP contribution in [0.4, 0.5) is 24.5 Å². The number of esters is 2. The number of rotatable bonds is 25. The summed E-state index contributed by atoms with van der Waals surface area (Å²) in [5.41, 5.74) is 6.93. The fraction of sp³-hybridized carbons (Fsp3) is 0.358. The molecule has 3 N–H and O–H groups in total. The molecule has 4 atom stereocenters. The Morgan fingerprint density at radius 2 is 1.27 bits per heavy atom. The van der Waals surface area contributed by atoms with E-state index < -0.39 is 6.10 Å². The Labute approximate surface area is 475 Å². The van der Waals surface area contributed by atoms with Crippen LogP contribution in [-0.2, 0) is 28.6 Å². The molecule has 5 aromatic carbocycles. The average Bonchev–Trinajstić information content (AvgIpc) is 3.45. The van der Waals surface area contributed by atoms with E-state index in [1.807, 2.05) is 133 Å². The number of nitrogens with one attached hydrogen (secondary N) is 2. The smallest absolute Gasteiger partial charge is 0.303 e. The molecule has 0 saturated heterocycles. The lowest BCUT2D eigenvalue weighted by Crippen LogP contribution is -2.31. The van der Waals surface area contributed by atoms with Gasteiger partial charge in [-0.3, -0.25) is 14.4 Å². The Hall–Kier alpha value is -7.48. The first-order valence-corrected chi connectivity index (χ1v) is 27.4. The summed E-state index contributed by atoms with van der Waals surface area (Å²) in [6, 6.07) is 37.7. The largest absolute Gasteiger partial charge is 0.462 e. The number of benzene rings is 5. The molecule has 0 aliphatic rings. The van der Waals surface area contributed by atoms with Crippen molar-refractivity contribution in [3.8, 4) is 0 Å². The number of carbonyl (C=O) groups excluding carboxylic acids is 3. The van der Waals surface area contributed by atoms with E-state index >= 15 is 0 Å². The van der Waals surface area contributed by atoms with Crippen LogP contribution in [-0.4, -0.2) is 68.5 Å². The Balaban J connectivity index is 0.000000468. The molecular formula is C67H86F3N3O7. The number of nitrogens with zero attached hydrogens (tertiary/aromatic N) is 1. The normalized spacial score (nSPS) is 12.9. The van der Waals surface area contributed by atoms with Crippen molar-refractivity contribution in [2.45, 2.75) is 125 Å². The average molecular weight is 1100 g/mol. The molecule has 0 aliphatic heterocycles. The van der Waals surface area contributed by atoms with Crippen LogP contribution in [0.5, 0.6) is 0 Å². The molecular weight excluding hydrogens is 1020 g/mol. The maximum Gasteiger partial charge on any atom is 0.303 e. The van der Waals surface area contributed by atoms with Crippen molar-refractivity contribution in [2.75, 3.05) is 37.5 Å². The number of likely N-dealkylation sites (N-methyl/N-ethyl adjacent to an activating group) is 1. The topological polar surface area (TPSA) is 126 Å². The van der Waals surface area contributed by atoms with Gasteiger partial charge in [-0.2, -0.15) is 0 Å². The number of methoxy groups -OCH3 is 1. The highest BCUT2D eigenvalue weighted by Gasteiger charge is 2.25. The summed E-state index contributed by atoms with van der Waals surface area (Å²) >= 11 is 0. The van der Waals surface area contributed by atoms with Crippen molar-refractivity contribution >= 4 is 40.9 Å². The monoisotopic (exact) mass is 1100 g/mol. The maximum atomic E-state index is 14.1. The molecule has 0 bridgehead atoms. The summed E-state index contributed by atoms with van der Waals surface area (Å²) in [5, 5.41) is 17.2. The number of ether oxygens (including phenoxy) is 3. The summed E-state index contributed by atoms with van der Waals surface area (Å²) in [6.45, 7) is 22.2. The van der Waals surface area contributed by atoms with Crippen molar-refractivity contribution in [2.24, 2.45) is 5.92 Å². The van der Waals surface area contributed by atoms with Crippen LogP contribution in [0.2, 0.25) is 0 Å². The van der Waals surface area contributed by atoms with Crippen LogP contribution in [0, 0.1) is 23.4 Å². The van der Waals surface area contributed by atoms with Crippen molar-refractivity contribution in [3.63, 3.8) is 0 Å². The number of aliphatic hydroxyl groups excluding tert-OH is 1. The lowest BCUT2D eigenvalue weighted by Gasteiger charge is -2.30.